The highest BCUT2D eigenvalue weighted by molar-refractivity contribution is 5.91. The van der Waals surface area contributed by atoms with Crippen molar-refractivity contribution in [3.8, 4) is 11.5 Å². The van der Waals surface area contributed by atoms with Crippen LogP contribution in [0.5, 0.6) is 11.5 Å². The number of hydrogen-bond acceptors (Lipinski definition) is 6. The van der Waals surface area contributed by atoms with Crippen LogP contribution in [0.15, 0.2) is 24.3 Å². The molecule has 158 valence electrons. The van der Waals surface area contributed by atoms with Gasteiger partial charge < -0.3 is 19.7 Å². The maximum absolute atomic E-state index is 12.4. The normalized spacial score (nSPS) is 43.5. The number of ether oxygens (including phenoxy) is 2. The molecule has 2 N–H and O–H groups in total. The summed E-state index contributed by atoms with van der Waals surface area (Å²) in [7, 11) is 0. The summed E-state index contributed by atoms with van der Waals surface area (Å²) in [5.74, 6) is 0.986. The number of piperidine rings is 1. The minimum atomic E-state index is -0.960. The van der Waals surface area contributed by atoms with Crippen LogP contribution >= 0.6 is 0 Å². The van der Waals surface area contributed by atoms with E-state index >= 15 is 0 Å². The number of rotatable bonds is 2. The molecular weight excluding hydrogens is 382 g/mol. The summed E-state index contributed by atoms with van der Waals surface area (Å²) < 4.78 is 12.5. The molecule has 6 nitrogen and oxygen atoms in total. The van der Waals surface area contributed by atoms with Gasteiger partial charge in [0.2, 0.25) is 0 Å². The van der Waals surface area contributed by atoms with E-state index in [2.05, 4.69) is 11.5 Å². The van der Waals surface area contributed by atoms with Crippen LogP contribution in [0.25, 0.3) is 0 Å². The van der Waals surface area contributed by atoms with Gasteiger partial charge in [0.05, 0.1) is 11.0 Å². The van der Waals surface area contributed by atoms with Crippen molar-refractivity contribution in [3.63, 3.8) is 0 Å². The van der Waals surface area contributed by atoms with E-state index < -0.39 is 22.7 Å². The number of aliphatic hydroxyl groups is 1. The Morgan fingerprint density at radius 1 is 1.23 bits per heavy atom. The van der Waals surface area contributed by atoms with E-state index in [-0.39, 0.29) is 17.8 Å². The zero-order valence-corrected chi connectivity index (χ0v) is 17.0. The van der Waals surface area contributed by atoms with Gasteiger partial charge >= 0.3 is 5.97 Å². The maximum atomic E-state index is 12.4. The van der Waals surface area contributed by atoms with Crippen LogP contribution in [0.3, 0.4) is 0 Å². The summed E-state index contributed by atoms with van der Waals surface area (Å²) in [5.41, 5.74) is 0.148. The number of carbonyl (C=O) groups is 1. The number of benzene rings is 1. The molecule has 2 saturated carbocycles. The van der Waals surface area contributed by atoms with Crippen LogP contribution in [0.4, 0.5) is 0 Å². The van der Waals surface area contributed by atoms with Gasteiger partial charge in [-0.1, -0.05) is 12.6 Å². The van der Waals surface area contributed by atoms with Crippen molar-refractivity contribution in [1.29, 1.82) is 0 Å². The first-order valence-electron chi connectivity index (χ1n) is 11.3. The first-order chi connectivity index (χ1) is 14.4. The van der Waals surface area contributed by atoms with Gasteiger partial charge in [-0.25, -0.2) is 4.79 Å². The van der Waals surface area contributed by atoms with Gasteiger partial charge in [-0.3, -0.25) is 4.90 Å². The summed E-state index contributed by atoms with van der Waals surface area (Å²) in [4.78, 5) is 14.9. The molecule has 1 aromatic carbocycles. The minimum Gasteiger partial charge on any atom is -0.504 e. The van der Waals surface area contributed by atoms with Crippen molar-refractivity contribution in [2.75, 3.05) is 13.1 Å². The summed E-state index contributed by atoms with van der Waals surface area (Å²) >= 11 is 0. The lowest BCUT2D eigenvalue weighted by atomic mass is 9.46. The molecule has 30 heavy (non-hydrogen) atoms. The van der Waals surface area contributed by atoms with Gasteiger partial charge in [-0.15, -0.1) is 0 Å². The molecule has 2 spiro atoms. The topological polar surface area (TPSA) is 79.2 Å². The lowest BCUT2D eigenvalue weighted by molar-refractivity contribution is -0.236. The summed E-state index contributed by atoms with van der Waals surface area (Å²) in [6.07, 6.45) is 5.12. The largest absolute Gasteiger partial charge is 0.504 e. The first kappa shape index (κ1) is 17.6. The zero-order valence-electron chi connectivity index (χ0n) is 17.0. The number of carbonyl (C=O) groups excluding carboxylic acids is 1. The van der Waals surface area contributed by atoms with Crippen molar-refractivity contribution in [3.05, 3.63) is 35.4 Å². The van der Waals surface area contributed by atoms with Gasteiger partial charge in [-0.2, -0.15) is 0 Å². The molecule has 3 heterocycles. The van der Waals surface area contributed by atoms with Crippen molar-refractivity contribution < 1.29 is 24.5 Å². The number of nitrogens with zero attached hydrogens (tertiary/aromatic N) is 1. The predicted molar refractivity (Wildman–Crippen MR) is 107 cm³/mol. The van der Waals surface area contributed by atoms with Gasteiger partial charge in [0.15, 0.2) is 23.2 Å². The van der Waals surface area contributed by atoms with Crippen molar-refractivity contribution >= 4 is 5.97 Å². The summed E-state index contributed by atoms with van der Waals surface area (Å²) in [6, 6.07) is 3.73. The molecule has 4 fully saturated rings. The molecule has 6 heteroatoms. The Morgan fingerprint density at radius 3 is 2.80 bits per heavy atom. The fourth-order valence-corrected chi connectivity index (χ4v) is 7.58. The SMILES string of the molecule is C=C1CC2(CC[C@@]3(O)[C@@H]4Cc5ccc(O)c6c5[C@@]3(CCN4CC3CC3)[C@H]2O6)OC1=O. The molecule has 2 saturated heterocycles. The Balaban J connectivity index is 1.44. The van der Waals surface area contributed by atoms with E-state index in [0.29, 0.717) is 30.6 Å². The quantitative estimate of drug-likeness (QED) is 0.576. The number of hydrogen-bond donors (Lipinski definition) is 2. The number of aromatic hydroxyl groups is 1. The van der Waals surface area contributed by atoms with Crippen LogP contribution in [-0.4, -0.2) is 57.5 Å². The highest BCUT2D eigenvalue weighted by Crippen LogP contribution is 2.68. The van der Waals surface area contributed by atoms with E-state index in [1.807, 2.05) is 6.07 Å². The van der Waals surface area contributed by atoms with Crippen LogP contribution in [0.2, 0.25) is 0 Å². The van der Waals surface area contributed by atoms with E-state index in [1.165, 1.54) is 12.8 Å². The minimum absolute atomic E-state index is 0.0265. The molecule has 1 unspecified atom stereocenters. The van der Waals surface area contributed by atoms with Gasteiger partial charge in [0.25, 0.3) is 0 Å². The molecule has 0 radical (unpaired) electrons. The molecule has 3 aliphatic carbocycles. The zero-order chi connectivity index (χ0) is 20.5. The molecular formula is C24H27NO5. The van der Waals surface area contributed by atoms with Gasteiger partial charge in [-0.05, 0) is 62.6 Å². The number of esters is 1. The molecule has 2 bridgehead atoms. The Morgan fingerprint density at radius 2 is 2.07 bits per heavy atom. The number of phenolic OH excluding ortho intramolecular Hbond substituents is 1. The maximum Gasteiger partial charge on any atom is 0.334 e. The molecule has 6 aliphatic rings. The molecule has 0 aromatic heterocycles. The fraction of sp³-hybridized carbons (Fsp3) is 0.625. The van der Waals surface area contributed by atoms with Crippen molar-refractivity contribution in [2.45, 2.75) is 73.7 Å². The first-order valence-corrected chi connectivity index (χ1v) is 11.3. The molecule has 3 aliphatic heterocycles. The fourth-order valence-electron chi connectivity index (χ4n) is 7.58. The number of phenols is 1. The van der Waals surface area contributed by atoms with Crippen LogP contribution in [0, 0.1) is 5.92 Å². The van der Waals surface area contributed by atoms with E-state index in [1.54, 1.807) is 6.07 Å². The second-order valence-corrected chi connectivity index (χ2v) is 10.5. The van der Waals surface area contributed by atoms with Crippen LogP contribution in [-0.2, 0) is 21.4 Å². The number of likely N-dealkylation sites (tertiary alicyclic amines) is 1. The summed E-state index contributed by atoms with van der Waals surface area (Å²) in [6.45, 7) is 5.85. The second-order valence-electron chi connectivity index (χ2n) is 10.5. The van der Waals surface area contributed by atoms with E-state index in [0.717, 1.165) is 43.0 Å². The molecule has 1 aromatic rings. The smallest absolute Gasteiger partial charge is 0.334 e. The summed E-state index contributed by atoms with van der Waals surface area (Å²) in [5, 5.41) is 23.1. The van der Waals surface area contributed by atoms with E-state index in [9.17, 15) is 15.0 Å². The van der Waals surface area contributed by atoms with Crippen LogP contribution in [0.1, 0.15) is 49.7 Å². The monoisotopic (exact) mass is 409 g/mol. The third-order valence-corrected chi connectivity index (χ3v) is 9.02. The Kier molecular flexibility index (Phi) is 3.07. The van der Waals surface area contributed by atoms with Gasteiger partial charge in [0, 0.05) is 30.1 Å². The van der Waals surface area contributed by atoms with Gasteiger partial charge in [0.1, 0.15) is 0 Å². The average Bonchev–Trinajstić information content (AvgIpc) is 3.37. The Hall–Kier alpha value is -2.05. The highest BCUT2D eigenvalue weighted by Gasteiger charge is 2.77. The standard InChI is InChI=1S/C24H27NO5/c1-13-11-22(30-20(13)27)6-7-24(28)17-10-15-4-5-16(26)19-18(15)23(24,21(22)29-19)8-9-25(17)12-14-2-3-14/h4-5,14,17,21,26,28H,1-3,6-12H2/t17-,21-,22?,23-,24+/m0/s1. The van der Waals surface area contributed by atoms with E-state index in [4.69, 9.17) is 9.47 Å². The highest BCUT2D eigenvalue weighted by atomic mass is 16.6. The number of fused-ring (bicyclic) bond motifs is 1. The third-order valence-electron chi connectivity index (χ3n) is 9.02. The lowest BCUT2D eigenvalue weighted by Gasteiger charge is -2.65. The van der Waals surface area contributed by atoms with Crippen LogP contribution < -0.4 is 4.74 Å². The Labute approximate surface area is 175 Å². The van der Waals surface area contributed by atoms with Crippen molar-refractivity contribution in [1.82, 2.24) is 4.90 Å². The molecule has 0 amide bonds. The predicted octanol–water partition coefficient (Wildman–Crippen LogP) is 2.20. The Bertz CT molecular complexity index is 999. The lowest BCUT2D eigenvalue weighted by Crippen LogP contribution is -2.79. The average molecular weight is 409 g/mol. The van der Waals surface area contributed by atoms with Crippen molar-refractivity contribution in [2.24, 2.45) is 5.92 Å². The molecule has 5 atom stereocenters. The second kappa shape index (κ2) is 5.22. The molecule has 7 rings (SSSR count). The third kappa shape index (κ3) is 1.83.